The van der Waals surface area contributed by atoms with Gasteiger partial charge in [0, 0.05) is 33.5 Å². The largest absolute Gasteiger partial charge is 0.280 e. The van der Waals surface area contributed by atoms with Crippen LogP contribution in [0.1, 0.15) is 0 Å². The lowest BCUT2D eigenvalue weighted by Gasteiger charge is -2.25. The van der Waals surface area contributed by atoms with Crippen molar-refractivity contribution in [3.05, 3.63) is 176 Å². The molecule has 2 aromatic heterocycles. The zero-order valence-corrected chi connectivity index (χ0v) is 27.0. The van der Waals surface area contributed by atoms with E-state index in [1.54, 1.807) is 0 Å². The van der Waals surface area contributed by atoms with E-state index in [9.17, 15) is 0 Å². The first-order valence-electron chi connectivity index (χ1n) is 16.8. The molecule has 0 spiro atoms. The molecule has 0 radical (unpaired) electrons. The van der Waals surface area contributed by atoms with Gasteiger partial charge in [-0.25, -0.2) is 15.0 Å². The number of fused-ring (bicyclic) bond motifs is 8. The molecule has 0 saturated heterocycles. The maximum atomic E-state index is 5.32. The minimum absolute atomic E-state index is 0.664. The van der Waals surface area contributed by atoms with Crippen LogP contribution in [-0.4, -0.2) is 19.5 Å². The molecular formula is C45H29N5. The molecule has 9 aromatic rings. The van der Waals surface area contributed by atoms with E-state index in [0.29, 0.717) is 5.82 Å². The van der Waals surface area contributed by atoms with Gasteiger partial charge in [0.1, 0.15) is 0 Å². The molecule has 1 aliphatic heterocycles. The normalized spacial score (nSPS) is 12.0. The van der Waals surface area contributed by atoms with Crippen molar-refractivity contribution in [1.29, 1.82) is 0 Å². The summed E-state index contributed by atoms with van der Waals surface area (Å²) in [7, 11) is 0. The number of hydrogen-bond acceptors (Lipinski definition) is 4. The number of imidazole rings is 1. The average molecular weight is 640 g/mol. The minimum Gasteiger partial charge on any atom is -0.280 e. The Balaban J connectivity index is 1.23. The Morgan fingerprint density at radius 3 is 1.78 bits per heavy atom. The van der Waals surface area contributed by atoms with Crippen molar-refractivity contribution in [2.45, 2.75) is 0 Å². The maximum Gasteiger partial charge on any atom is 0.220 e. The molecule has 5 heteroatoms. The van der Waals surface area contributed by atoms with Gasteiger partial charge in [0.15, 0.2) is 5.82 Å². The zero-order valence-electron chi connectivity index (χ0n) is 27.0. The summed E-state index contributed by atoms with van der Waals surface area (Å²) in [5.74, 6) is 1.49. The van der Waals surface area contributed by atoms with E-state index in [1.807, 2.05) is 36.4 Å². The van der Waals surface area contributed by atoms with E-state index in [2.05, 4.69) is 149 Å². The average Bonchev–Trinajstić information content (AvgIpc) is 3.52. The van der Waals surface area contributed by atoms with Crippen molar-refractivity contribution in [2.24, 2.45) is 0 Å². The van der Waals surface area contributed by atoms with Gasteiger partial charge < -0.3 is 0 Å². The van der Waals surface area contributed by atoms with Gasteiger partial charge in [-0.1, -0.05) is 127 Å². The molecule has 234 valence electrons. The van der Waals surface area contributed by atoms with Gasteiger partial charge in [-0.05, 0) is 59.3 Å². The Kier molecular flexibility index (Phi) is 6.42. The van der Waals surface area contributed by atoms with Crippen molar-refractivity contribution in [1.82, 2.24) is 19.5 Å². The number of hydrogen-bond donors (Lipinski definition) is 0. The maximum absolute atomic E-state index is 5.32. The zero-order chi connectivity index (χ0) is 33.0. The van der Waals surface area contributed by atoms with Crippen LogP contribution in [0.3, 0.4) is 0 Å². The minimum atomic E-state index is 0.664. The Bertz CT molecular complexity index is 2660. The number of rotatable bonds is 4. The van der Waals surface area contributed by atoms with Gasteiger partial charge in [0.25, 0.3) is 0 Å². The van der Waals surface area contributed by atoms with Gasteiger partial charge in [-0.3, -0.25) is 9.47 Å². The molecule has 0 fully saturated rings. The van der Waals surface area contributed by atoms with Crippen LogP contribution in [0, 0.1) is 0 Å². The van der Waals surface area contributed by atoms with Crippen molar-refractivity contribution in [3.63, 3.8) is 0 Å². The van der Waals surface area contributed by atoms with Crippen LogP contribution >= 0.6 is 0 Å². The van der Waals surface area contributed by atoms with E-state index >= 15 is 0 Å². The SMILES string of the molecule is c1ccc(-c2cc(-c3ccccc3)nc(-c3cccc(N4c5cc6ccccc6cc5-c5ccccc5-n5c4nc4ccccc45)c3)n2)cc1. The standard InChI is InChI=1S/C45H29N5/c1-3-14-30(15-4-1)39-29-40(31-16-5-2-6-17-31)47-44(46-39)34-20-13-21-35(26-34)49-43-28-33-19-8-7-18-32(33)27-37(43)36-22-9-11-24-41(36)50-42-25-12-10-23-38(42)48-45(49)50/h1-29H. The fourth-order valence-corrected chi connectivity index (χ4v) is 7.16. The van der Waals surface area contributed by atoms with Crippen molar-refractivity contribution in [2.75, 3.05) is 4.90 Å². The first-order valence-corrected chi connectivity index (χ1v) is 16.8. The highest BCUT2D eigenvalue weighted by atomic mass is 15.3. The van der Waals surface area contributed by atoms with E-state index < -0.39 is 0 Å². The van der Waals surface area contributed by atoms with Crippen molar-refractivity contribution in [3.8, 4) is 50.7 Å². The van der Waals surface area contributed by atoms with Crippen molar-refractivity contribution < 1.29 is 0 Å². The molecule has 0 aliphatic carbocycles. The quantitative estimate of drug-likeness (QED) is 0.192. The Hall–Kier alpha value is -6.85. The molecule has 3 heterocycles. The molecule has 0 saturated carbocycles. The van der Waals surface area contributed by atoms with Gasteiger partial charge in [0.2, 0.25) is 5.95 Å². The van der Waals surface area contributed by atoms with Gasteiger partial charge in [-0.2, -0.15) is 0 Å². The summed E-state index contributed by atoms with van der Waals surface area (Å²) in [6.07, 6.45) is 0. The molecule has 7 aromatic carbocycles. The molecule has 50 heavy (non-hydrogen) atoms. The van der Waals surface area contributed by atoms with E-state index in [-0.39, 0.29) is 0 Å². The molecule has 0 unspecified atom stereocenters. The Morgan fingerprint density at radius 1 is 0.400 bits per heavy atom. The van der Waals surface area contributed by atoms with Gasteiger partial charge in [-0.15, -0.1) is 0 Å². The second-order valence-electron chi connectivity index (χ2n) is 12.5. The Labute approximate surface area is 289 Å². The van der Waals surface area contributed by atoms with E-state index in [0.717, 1.165) is 73.2 Å². The Morgan fingerprint density at radius 2 is 1.02 bits per heavy atom. The lowest BCUT2D eigenvalue weighted by Crippen LogP contribution is -2.14. The van der Waals surface area contributed by atoms with Crippen LogP contribution < -0.4 is 4.90 Å². The van der Waals surface area contributed by atoms with Crippen LogP contribution in [0.2, 0.25) is 0 Å². The van der Waals surface area contributed by atoms with Crippen LogP contribution in [0.15, 0.2) is 176 Å². The third-order valence-corrected chi connectivity index (χ3v) is 9.51. The summed E-state index contributed by atoms with van der Waals surface area (Å²) >= 11 is 0. The second-order valence-corrected chi connectivity index (χ2v) is 12.5. The van der Waals surface area contributed by atoms with Crippen LogP contribution in [0.25, 0.3) is 72.5 Å². The molecular weight excluding hydrogens is 611 g/mol. The molecule has 0 bridgehead atoms. The first-order chi connectivity index (χ1) is 24.8. The third-order valence-electron chi connectivity index (χ3n) is 9.51. The van der Waals surface area contributed by atoms with Crippen LogP contribution in [0.5, 0.6) is 0 Å². The fourth-order valence-electron chi connectivity index (χ4n) is 7.16. The molecule has 5 nitrogen and oxygen atoms in total. The highest BCUT2D eigenvalue weighted by Gasteiger charge is 2.30. The lowest BCUT2D eigenvalue weighted by atomic mass is 9.97. The summed E-state index contributed by atoms with van der Waals surface area (Å²) in [6, 6.07) is 61.4. The molecule has 0 N–H and O–H groups in total. The number of benzene rings is 7. The number of aromatic nitrogens is 4. The second kappa shape index (κ2) is 11.4. The fraction of sp³-hybridized carbons (Fsp3) is 0. The molecule has 1 aliphatic rings. The number of nitrogens with zero attached hydrogens (tertiary/aromatic N) is 5. The van der Waals surface area contributed by atoms with Gasteiger partial charge in [0.05, 0.1) is 33.8 Å². The van der Waals surface area contributed by atoms with Gasteiger partial charge >= 0.3 is 0 Å². The smallest absolute Gasteiger partial charge is 0.220 e. The summed E-state index contributed by atoms with van der Waals surface area (Å²) in [5.41, 5.74) is 12.2. The number of para-hydroxylation sites is 3. The predicted molar refractivity (Wildman–Crippen MR) is 204 cm³/mol. The lowest BCUT2D eigenvalue weighted by molar-refractivity contribution is 1.05. The highest BCUT2D eigenvalue weighted by Crippen LogP contribution is 2.49. The van der Waals surface area contributed by atoms with E-state index in [1.165, 1.54) is 10.8 Å². The molecule has 0 atom stereocenters. The highest BCUT2D eigenvalue weighted by molar-refractivity contribution is 6.02. The third kappa shape index (κ3) is 4.60. The summed E-state index contributed by atoms with van der Waals surface area (Å²) in [4.78, 5) is 17.9. The van der Waals surface area contributed by atoms with Crippen molar-refractivity contribution >= 4 is 39.1 Å². The summed E-state index contributed by atoms with van der Waals surface area (Å²) in [6.45, 7) is 0. The van der Waals surface area contributed by atoms with Crippen LogP contribution in [-0.2, 0) is 0 Å². The molecule has 10 rings (SSSR count). The van der Waals surface area contributed by atoms with Crippen LogP contribution in [0.4, 0.5) is 17.3 Å². The predicted octanol–water partition coefficient (Wildman–Crippen LogP) is 11.4. The summed E-state index contributed by atoms with van der Waals surface area (Å²) < 4.78 is 2.29. The topological polar surface area (TPSA) is 46.8 Å². The number of anilines is 3. The monoisotopic (exact) mass is 639 g/mol. The first kappa shape index (κ1) is 28.2. The molecule has 0 amide bonds. The van der Waals surface area contributed by atoms with E-state index in [4.69, 9.17) is 15.0 Å². The summed E-state index contributed by atoms with van der Waals surface area (Å²) in [5, 5.41) is 2.36.